The van der Waals surface area contributed by atoms with Crippen LogP contribution in [0.25, 0.3) is 0 Å². The minimum atomic E-state index is 0.826. The van der Waals surface area contributed by atoms with Gasteiger partial charge in [0.2, 0.25) is 0 Å². The van der Waals surface area contributed by atoms with Crippen molar-refractivity contribution in [3.05, 3.63) is 22.3 Å². The van der Waals surface area contributed by atoms with Gasteiger partial charge in [-0.25, -0.2) is 4.98 Å². The minimum Gasteiger partial charge on any atom is -0.370 e. The van der Waals surface area contributed by atoms with Gasteiger partial charge in [-0.2, -0.15) is 0 Å². The van der Waals surface area contributed by atoms with Gasteiger partial charge in [-0.1, -0.05) is 0 Å². The van der Waals surface area contributed by atoms with E-state index in [4.69, 9.17) is 0 Å². The maximum atomic E-state index is 4.39. The number of anilines is 1. The zero-order valence-electron chi connectivity index (χ0n) is 10.3. The molecule has 1 fully saturated rings. The Bertz CT molecular complexity index is 362. The van der Waals surface area contributed by atoms with E-state index in [1.165, 1.54) is 37.9 Å². The first kappa shape index (κ1) is 12.8. The van der Waals surface area contributed by atoms with Crippen LogP contribution in [0.2, 0.25) is 0 Å². The second-order valence-electron chi connectivity index (χ2n) is 4.75. The lowest BCUT2D eigenvalue weighted by Crippen LogP contribution is -2.30. The van der Waals surface area contributed by atoms with Crippen LogP contribution < -0.4 is 10.6 Å². The molecule has 0 radical (unpaired) electrons. The number of pyridine rings is 1. The number of aromatic nitrogens is 1. The first-order chi connectivity index (χ1) is 8.25. The molecule has 0 saturated carbocycles. The van der Waals surface area contributed by atoms with E-state index in [-0.39, 0.29) is 0 Å². The summed E-state index contributed by atoms with van der Waals surface area (Å²) in [5.74, 6) is 1.84. The van der Waals surface area contributed by atoms with Crippen molar-refractivity contribution in [1.82, 2.24) is 10.3 Å². The fourth-order valence-electron chi connectivity index (χ4n) is 2.29. The predicted octanol–water partition coefficient (Wildman–Crippen LogP) is 2.95. The SMILES string of the molecule is Cc1cc(Br)cnc1NCCC1CCCNC1. The van der Waals surface area contributed by atoms with Crippen molar-refractivity contribution < 1.29 is 0 Å². The van der Waals surface area contributed by atoms with Crippen molar-refractivity contribution in [2.24, 2.45) is 5.92 Å². The van der Waals surface area contributed by atoms with Gasteiger partial charge in [0, 0.05) is 17.2 Å². The summed E-state index contributed by atoms with van der Waals surface area (Å²) in [5, 5.41) is 6.88. The van der Waals surface area contributed by atoms with Crippen molar-refractivity contribution >= 4 is 21.7 Å². The molecular weight excluding hydrogens is 278 g/mol. The molecule has 0 aliphatic carbocycles. The third-order valence-corrected chi connectivity index (χ3v) is 3.72. The molecule has 1 aromatic rings. The van der Waals surface area contributed by atoms with E-state index >= 15 is 0 Å². The van der Waals surface area contributed by atoms with Gasteiger partial charge in [0.25, 0.3) is 0 Å². The number of hydrogen-bond donors (Lipinski definition) is 2. The standard InChI is InChI=1S/C13H20BrN3/c1-10-7-12(14)9-17-13(10)16-6-4-11-3-2-5-15-8-11/h7,9,11,15H,2-6,8H2,1H3,(H,16,17). The highest BCUT2D eigenvalue weighted by Gasteiger charge is 2.12. The smallest absolute Gasteiger partial charge is 0.128 e. The number of nitrogens with one attached hydrogen (secondary N) is 2. The van der Waals surface area contributed by atoms with Crippen molar-refractivity contribution in [2.45, 2.75) is 26.2 Å². The zero-order chi connectivity index (χ0) is 12.1. The highest BCUT2D eigenvalue weighted by molar-refractivity contribution is 9.10. The molecule has 1 saturated heterocycles. The molecule has 17 heavy (non-hydrogen) atoms. The Hall–Kier alpha value is -0.610. The molecule has 1 atom stereocenters. The monoisotopic (exact) mass is 297 g/mol. The van der Waals surface area contributed by atoms with Crippen LogP contribution >= 0.6 is 15.9 Å². The molecule has 0 aromatic carbocycles. The lowest BCUT2D eigenvalue weighted by Gasteiger charge is -2.22. The maximum absolute atomic E-state index is 4.39. The lowest BCUT2D eigenvalue weighted by atomic mass is 9.96. The second-order valence-corrected chi connectivity index (χ2v) is 5.66. The van der Waals surface area contributed by atoms with E-state index in [1.807, 2.05) is 6.20 Å². The van der Waals surface area contributed by atoms with Crippen LogP contribution in [0.5, 0.6) is 0 Å². The molecule has 1 aliphatic heterocycles. The van der Waals surface area contributed by atoms with Crippen LogP contribution in [-0.2, 0) is 0 Å². The average Bonchev–Trinajstić information content (AvgIpc) is 2.33. The molecule has 2 rings (SSSR count). The van der Waals surface area contributed by atoms with Crippen LogP contribution in [0.3, 0.4) is 0 Å². The summed E-state index contributed by atoms with van der Waals surface area (Å²) in [6.07, 6.45) is 5.75. The van der Waals surface area contributed by atoms with E-state index in [2.05, 4.69) is 44.5 Å². The predicted molar refractivity (Wildman–Crippen MR) is 75.4 cm³/mol. The Balaban J connectivity index is 1.77. The lowest BCUT2D eigenvalue weighted by molar-refractivity contribution is 0.364. The van der Waals surface area contributed by atoms with E-state index in [9.17, 15) is 0 Å². The molecule has 0 bridgehead atoms. The van der Waals surface area contributed by atoms with Gasteiger partial charge in [-0.3, -0.25) is 0 Å². The molecule has 2 N–H and O–H groups in total. The minimum absolute atomic E-state index is 0.826. The molecule has 0 spiro atoms. The summed E-state index contributed by atoms with van der Waals surface area (Å²) in [6, 6.07) is 2.09. The molecule has 2 heterocycles. The van der Waals surface area contributed by atoms with Crippen molar-refractivity contribution in [1.29, 1.82) is 0 Å². The van der Waals surface area contributed by atoms with E-state index in [1.54, 1.807) is 0 Å². The van der Waals surface area contributed by atoms with Gasteiger partial charge >= 0.3 is 0 Å². The highest BCUT2D eigenvalue weighted by Crippen LogP contribution is 2.18. The fraction of sp³-hybridized carbons (Fsp3) is 0.615. The molecule has 94 valence electrons. The Labute approximate surface area is 112 Å². The third kappa shape index (κ3) is 3.96. The summed E-state index contributed by atoms with van der Waals surface area (Å²) in [5.41, 5.74) is 1.20. The Morgan fingerprint density at radius 2 is 2.47 bits per heavy atom. The number of hydrogen-bond acceptors (Lipinski definition) is 3. The van der Waals surface area contributed by atoms with Gasteiger partial charge in [0.15, 0.2) is 0 Å². The first-order valence-corrected chi connectivity index (χ1v) is 7.12. The van der Waals surface area contributed by atoms with Crippen LogP contribution in [0.1, 0.15) is 24.8 Å². The van der Waals surface area contributed by atoms with E-state index in [0.717, 1.165) is 22.8 Å². The summed E-state index contributed by atoms with van der Waals surface area (Å²) in [7, 11) is 0. The number of piperidine rings is 1. The largest absolute Gasteiger partial charge is 0.370 e. The number of rotatable bonds is 4. The Morgan fingerprint density at radius 3 is 3.18 bits per heavy atom. The molecule has 0 amide bonds. The van der Waals surface area contributed by atoms with Gasteiger partial charge < -0.3 is 10.6 Å². The van der Waals surface area contributed by atoms with Crippen LogP contribution in [-0.4, -0.2) is 24.6 Å². The van der Waals surface area contributed by atoms with Crippen LogP contribution in [0.15, 0.2) is 16.7 Å². The summed E-state index contributed by atoms with van der Waals surface area (Å²) >= 11 is 3.43. The first-order valence-electron chi connectivity index (χ1n) is 6.32. The van der Waals surface area contributed by atoms with Crippen LogP contribution in [0, 0.1) is 12.8 Å². The average molecular weight is 298 g/mol. The Kier molecular flexibility index (Phi) is 4.80. The Morgan fingerprint density at radius 1 is 1.59 bits per heavy atom. The quantitative estimate of drug-likeness (QED) is 0.897. The maximum Gasteiger partial charge on any atom is 0.128 e. The molecule has 1 unspecified atom stereocenters. The van der Waals surface area contributed by atoms with Gasteiger partial charge in [-0.05, 0) is 72.8 Å². The number of halogens is 1. The van der Waals surface area contributed by atoms with Crippen LogP contribution in [0.4, 0.5) is 5.82 Å². The van der Waals surface area contributed by atoms with E-state index in [0.29, 0.717) is 0 Å². The summed E-state index contributed by atoms with van der Waals surface area (Å²) in [6.45, 7) is 5.47. The number of nitrogens with zero attached hydrogens (tertiary/aromatic N) is 1. The number of aryl methyl sites for hydroxylation is 1. The summed E-state index contributed by atoms with van der Waals surface area (Å²) in [4.78, 5) is 4.39. The highest BCUT2D eigenvalue weighted by atomic mass is 79.9. The normalized spacial score (nSPS) is 20.2. The second kappa shape index (κ2) is 6.36. The van der Waals surface area contributed by atoms with E-state index < -0.39 is 0 Å². The summed E-state index contributed by atoms with van der Waals surface area (Å²) < 4.78 is 1.04. The van der Waals surface area contributed by atoms with Crippen molar-refractivity contribution in [3.63, 3.8) is 0 Å². The van der Waals surface area contributed by atoms with Crippen molar-refractivity contribution in [3.8, 4) is 0 Å². The van der Waals surface area contributed by atoms with Crippen molar-refractivity contribution in [2.75, 3.05) is 25.0 Å². The molecule has 4 heteroatoms. The molecule has 3 nitrogen and oxygen atoms in total. The van der Waals surface area contributed by atoms with Gasteiger partial charge in [-0.15, -0.1) is 0 Å². The fourth-order valence-corrected chi connectivity index (χ4v) is 2.74. The van der Waals surface area contributed by atoms with Gasteiger partial charge in [0.05, 0.1) is 0 Å². The third-order valence-electron chi connectivity index (χ3n) is 3.29. The molecular formula is C13H20BrN3. The van der Waals surface area contributed by atoms with Gasteiger partial charge in [0.1, 0.15) is 5.82 Å². The zero-order valence-corrected chi connectivity index (χ0v) is 11.9. The topological polar surface area (TPSA) is 37.0 Å². The molecule has 1 aromatic heterocycles. The molecule has 1 aliphatic rings.